The number of aromatic nitrogens is 3. The molecule has 0 saturated heterocycles. The molecule has 0 saturated carbocycles. The van der Waals surface area contributed by atoms with Gasteiger partial charge in [0.25, 0.3) is 0 Å². The summed E-state index contributed by atoms with van der Waals surface area (Å²) in [6.45, 7) is 1.77. The summed E-state index contributed by atoms with van der Waals surface area (Å²) >= 11 is 1.68. The van der Waals surface area contributed by atoms with Crippen LogP contribution in [-0.4, -0.2) is 25.9 Å². The van der Waals surface area contributed by atoms with E-state index in [-0.39, 0.29) is 0 Å². The highest BCUT2D eigenvalue weighted by molar-refractivity contribution is 7.99. The van der Waals surface area contributed by atoms with E-state index in [1.165, 1.54) is 0 Å². The number of thioether (sulfide) groups is 1. The summed E-state index contributed by atoms with van der Waals surface area (Å²) in [6, 6.07) is 7.96. The lowest BCUT2D eigenvalue weighted by Gasteiger charge is -2.14. The Morgan fingerprint density at radius 2 is 2.26 bits per heavy atom. The molecular weight excluding hydrogens is 258 g/mol. The number of hydrogen-bond acceptors (Lipinski definition) is 5. The molecule has 1 unspecified atom stereocenters. The molecule has 2 N–H and O–H groups in total. The van der Waals surface area contributed by atoms with Gasteiger partial charge in [-0.25, -0.2) is 0 Å². The normalized spacial score (nSPS) is 14.2. The zero-order chi connectivity index (χ0) is 13.7. The lowest BCUT2D eigenvalue weighted by molar-refractivity contribution is 0.518. The highest BCUT2D eigenvalue weighted by Crippen LogP contribution is 2.19. The maximum atomic E-state index is 8.82. The fourth-order valence-corrected chi connectivity index (χ4v) is 2.65. The topological polar surface area (TPSA) is 80.0 Å². The number of pyridine rings is 1. The predicted molar refractivity (Wildman–Crippen MR) is 75.8 cm³/mol. The minimum Gasteiger partial charge on any atom is -0.314 e. The van der Waals surface area contributed by atoms with Crippen LogP contribution >= 0.6 is 11.8 Å². The number of nitriles is 1. The minimum atomic E-state index is -0.702. The van der Waals surface area contributed by atoms with Crippen molar-refractivity contribution in [2.24, 2.45) is 5.73 Å². The summed E-state index contributed by atoms with van der Waals surface area (Å²) in [5.74, 6) is 0.956. The number of nitrogens with zero attached hydrogens (tertiary/aromatic N) is 4. The van der Waals surface area contributed by atoms with Gasteiger partial charge in [0.2, 0.25) is 0 Å². The second-order valence-corrected chi connectivity index (χ2v) is 5.81. The zero-order valence-corrected chi connectivity index (χ0v) is 11.7. The zero-order valence-electron chi connectivity index (χ0n) is 10.9. The summed E-state index contributed by atoms with van der Waals surface area (Å²) in [6.07, 6.45) is 4.65. The van der Waals surface area contributed by atoms with Crippen LogP contribution in [0.25, 0.3) is 5.65 Å². The molecule has 0 spiro atoms. The van der Waals surface area contributed by atoms with Crippen molar-refractivity contribution in [1.82, 2.24) is 14.6 Å². The summed E-state index contributed by atoms with van der Waals surface area (Å²) in [4.78, 5) is 0. The summed E-state index contributed by atoms with van der Waals surface area (Å²) < 4.78 is 1.98. The van der Waals surface area contributed by atoms with Crippen LogP contribution < -0.4 is 5.73 Å². The molecule has 2 aromatic heterocycles. The van der Waals surface area contributed by atoms with Gasteiger partial charge in [-0.05, 0) is 38.3 Å². The van der Waals surface area contributed by atoms with E-state index in [0.29, 0.717) is 0 Å². The highest BCUT2D eigenvalue weighted by atomic mass is 32.2. The Bertz CT molecular complexity index is 584. The van der Waals surface area contributed by atoms with Crippen molar-refractivity contribution in [1.29, 1.82) is 5.26 Å². The van der Waals surface area contributed by atoms with Crippen molar-refractivity contribution in [3.8, 4) is 6.07 Å². The minimum absolute atomic E-state index is 0.702. The first kappa shape index (κ1) is 13.8. The molecule has 0 fully saturated rings. The van der Waals surface area contributed by atoms with Crippen LogP contribution in [0.4, 0.5) is 0 Å². The summed E-state index contributed by atoms with van der Waals surface area (Å²) in [5.41, 5.74) is 5.94. The molecule has 0 bridgehead atoms. The van der Waals surface area contributed by atoms with Gasteiger partial charge in [0, 0.05) is 11.9 Å². The number of unbranched alkanes of at least 4 members (excludes halogenated alkanes) is 1. The van der Waals surface area contributed by atoms with Gasteiger partial charge in [0.05, 0.1) is 6.07 Å². The Morgan fingerprint density at radius 1 is 1.42 bits per heavy atom. The Morgan fingerprint density at radius 3 is 3.05 bits per heavy atom. The first-order valence-electron chi connectivity index (χ1n) is 6.25. The third-order valence-electron chi connectivity index (χ3n) is 2.86. The quantitative estimate of drug-likeness (QED) is 0.646. The molecule has 0 aliphatic carbocycles. The maximum absolute atomic E-state index is 8.82. The maximum Gasteiger partial charge on any atom is 0.195 e. The molecule has 2 heterocycles. The first-order valence-corrected chi connectivity index (χ1v) is 7.24. The first-order chi connectivity index (χ1) is 9.12. The van der Waals surface area contributed by atoms with Crippen molar-refractivity contribution in [3.05, 3.63) is 24.4 Å². The average molecular weight is 275 g/mol. The van der Waals surface area contributed by atoms with Gasteiger partial charge in [0.15, 0.2) is 10.8 Å². The van der Waals surface area contributed by atoms with Crippen molar-refractivity contribution >= 4 is 17.4 Å². The van der Waals surface area contributed by atoms with Gasteiger partial charge >= 0.3 is 0 Å². The fraction of sp³-hybridized carbons (Fsp3) is 0.462. The lowest BCUT2D eigenvalue weighted by atomic mass is 9.99. The van der Waals surface area contributed by atoms with E-state index in [0.717, 1.165) is 35.8 Å². The third kappa shape index (κ3) is 3.69. The smallest absolute Gasteiger partial charge is 0.195 e. The Kier molecular flexibility index (Phi) is 4.40. The van der Waals surface area contributed by atoms with E-state index in [2.05, 4.69) is 16.3 Å². The van der Waals surface area contributed by atoms with Crippen LogP contribution in [0.1, 0.15) is 26.2 Å². The van der Waals surface area contributed by atoms with Crippen molar-refractivity contribution in [2.45, 2.75) is 36.9 Å². The van der Waals surface area contributed by atoms with Crippen LogP contribution in [0, 0.1) is 11.3 Å². The monoisotopic (exact) mass is 275 g/mol. The van der Waals surface area contributed by atoms with Gasteiger partial charge in [-0.1, -0.05) is 17.8 Å². The largest absolute Gasteiger partial charge is 0.314 e. The standard InChI is InChI=1S/C13H17N5S/c1-13(15,10-14)7-3-5-9-19-12-17-16-11-6-2-4-8-18(11)12/h2,4,6,8H,3,5,7,9,15H2,1H3. The van der Waals surface area contributed by atoms with Gasteiger partial charge in [-0.3, -0.25) is 4.40 Å². The van der Waals surface area contributed by atoms with E-state index in [4.69, 9.17) is 11.0 Å². The number of hydrogen-bond donors (Lipinski definition) is 1. The molecule has 2 rings (SSSR count). The van der Waals surface area contributed by atoms with E-state index >= 15 is 0 Å². The van der Waals surface area contributed by atoms with Crippen LogP contribution in [-0.2, 0) is 0 Å². The van der Waals surface area contributed by atoms with E-state index < -0.39 is 5.54 Å². The molecule has 0 aliphatic heterocycles. The Hall–Kier alpha value is -1.58. The molecule has 0 aromatic carbocycles. The van der Waals surface area contributed by atoms with E-state index in [1.54, 1.807) is 18.7 Å². The van der Waals surface area contributed by atoms with Gasteiger partial charge in [-0.15, -0.1) is 10.2 Å². The van der Waals surface area contributed by atoms with Crippen LogP contribution in [0.3, 0.4) is 0 Å². The number of nitrogens with two attached hydrogens (primary N) is 1. The van der Waals surface area contributed by atoms with Crippen molar-refractivity contribution in [3.63, 3.8) is 0 Å². The second kappa shape index (κ2) is 6.04. The van der Waals surface area contributed by atoms with Gasteiger partial charge < -0.3 is 5.73 Å². The summed E-state index contributed by atoms with van der Waals surface area (Å²) in [7, 11) is 0. The molecule has 5 nitrogen and oxygen atoms in total. The molecular formula is C13H17N5S. The molecule has 0 amide bonds. The highest BCUT2D eigenvalue weighted by Gasteiger charge is 2.15. The van der Waals surface area contributed by atoms with Crippen molar-refractivity contribution < 1.29 is 0 Å². The Balaban J connectivity index is 1.79. The molecule has 19 heavy (non-hydrogen) atoms. The molecule has 2 aromatic rings. The molecule has 1 atom stereocenters. The van der Waals surface area contributed by atoms with Gasteiger partial charge in [-0.2, -0.15) is 5.26 Å². The lowest BCUT2D eigenvalue weighted by Crippen LogP contribution is -2.33. The SMILES string of the molecule is CC(N)(C#N)CCCCSc1nnc2ccccn12. The summed E-state index contributed by atoms with van der Waals surface area (Å²) in [5, 5.41) is 18.0. The molecule has 0 aliphatic rings. The number of fused-ring (bicyclic) bond motifs is 1. The van der Waals surface area contributed by atoms with Gasteiger partial charge in [0.1, 0.15) is 5.54 Å². The van der Waals surface area contributed by atoms with Crippen LogP contribution in [0.5, 0.6) is 0 Å². The fourth-order valence-electron chi connectivity index (χ4n) is 1.73. The van der Waals surface area contributed by atoms with Crippen LogP contribution in [0.15, 0.2) is 29.6 Å². The third-order valence-corrected chi connectivity index (χ3v) is 3.89. The Labute approximate surface area is 116 Å². The van der Waals surface area contributed by atoms with Crippen LogP contribution in [0.2, 0.25) is 0 Å². The van der Waals surface area contributed by atoms with Crippen molar-refractivity contribution in [2.75, 3.05) is 5.75 Å². The number of rotatable bonds is 6. The van der Waals surface area contributed by atoms with E-state index in [1.807, 2.05) is 28.8 Å². The molecule has 100 valence electrons. The van der Waals surface area contributed by atoms with E-state index in [9.17, 15) is 0 Å². The molecule has 6 heteroatoms. The predicted octanol–water partition coefficient (Wildman–Crippen LogP) is 2.23. The molecule has 0 radical (unpaired) electrons. The second-order valence-electron chi connectivity index (χ2n) is 4.75. The average Bonchev–Trinajstić information content (AvgIpc) is 2.82.